The lowest BCUT2D eigenvalue weighted by atomic mass is 9.83. The number of nitrogens with one attached hydrogen (secondary N) is 1. The van der Waals surface area contributed by atoms with Crippen LogP contribution in [-0.4, -0.2) is 77.6 Å². The van der Waals surface area contributed by atoms with Gasteiger partial charge in [0.1, 0.15) is 23.0 Å². The van der Waals surface area contributed by atoms with E-state index in [0.717, 1.165) is 12.2 Å². The van der Waals surface area contributed by atoms with Crippen LogP contribution in [0.5, 0.6) is 23.0 Å². The van der Waals surface area contributed by atoms with Crippen molar-refractivity contribution in [2.75, 3.05) is 26.6 Å². The van der Waals surface area contributed by atoms with Gasteiger partial charge >= 0.3 is 11.9 Å². The van der Waals surface area contributed by atoms with Crippen molar-refractivity contribution in [1.82, 2.24) is 0 Å². The van der Waals surface area contributed by atoms with Gasteiger partial charge in [0, 0.05) is 33.4 Å². The zero-order chi connectivity index (χ0) is 43.6. The van der Waals surface area contributed by atoms with Crippen molar-refractivity contribution >= 4 is 57.8 Å². The number of aromatic hydroxyl groups is 2. The zero-order valence-corrected chi connectivity index (χ0v) is 32.7. The highest BCUT2D eigenvalue weighted by atomic mass is 16.5. The monoisotopic (exact) mass is 809 g/mol. The molecule has 302 valence electrons. The Balaban J connectivity index is 0.000000213. The van der Waals surface area contributed by atoms with E-state index in [1.165, 1.54) is 69.9 Å². The number of rotatable bonds is 8. The Morgan fingerprint density at radius 3 is 1.50 bits per heavy atom. The summed E-state index contributed by atoms with van der Waals surface area (Å²) < 4.78 is 15.5. The Bertz CT molecular complexity index is 2780. The first-order valence-corrected chi connectivity index (χ1v) is 18.0. The summed E-state index contributed by atoms with van der Waals surface area (Å²) in [6.45, 7) is 3.45. The highest BCUT2D eigenvalue weighted by Crippen LogP contribution is 2.40. The van der Waals surface area contributed by atoms with Crippen LogP contribution in [0.25, 0.3) is 11.1 Å². The van der Waals surface area contributed by atoms with Crippen LogP contribution >= 0.6 is 0 Å². The van der Waals surface area contributed by atoms with Crippen LogP contribution in [-0.2, 0) is 4.74 Å². The van der Waals surface area contributed by atoms with E-state index in [1.807, 2.05) is 0 Å². The molecule has 60 heavy (non-hydrogen) atoms. The largest absolute Gasteiger partial charge is 0.507 e. The first-order chi connectivity index (χ1) is 28.6. The summed E-state index contributed by atoms with van der Waals surface area (Å²) in [5.41, 5.74) is 1.55. The van der Waals surface area contributed by atoms with E-state index in [2.05, 4.69) is 5.32 Å². The van der Waals surface area contributed by atoms with Crippen molar-refractivity contribution in [3.05, 3.63) is 158 Å². The molecule has 0 bridgehead atoms. The maximum absolute atomic E-state index is 13.5. The summed E-state index contributed by atoms with van der Waals surface area (Å²) >= 11 is 0. The van der Waals surface area contributed by atoms with E-state index in [-0.39, 0.29) is 89.9 Å². The minimum absolute atomic E-state index is 0.0255. The van der Waals surface area contributed by atoms with E-state index in [4.69, 9.17) is 14.2 Å². The first kappa shape index (κ1) is 41.5. The van der Waals surface area contributed by atoms with E-state index >= 15 is 0 Å². The Hall–Kier alpha value is -8.13. The average molecular weight is 810 g/mol. The van der Waals surface area contributed by atoms with Gasteiger partial charge in [-0.05, 0) is 85.7 Å². The average Bonchev–Trinajstić information content (AvgIpc) is 3.22. The summed E-state index contributed by atoms with van der Waals surface area (Å²) in [5, 5.41) is 32.2. The van der Waals surface area contributed by atoms with Crippen molar-refractivity contribution in [3.63, 3.8) is 0 Å². The third kappa shape index (κ3) is 7.64. The third-order valence-corrected chi connectivity index (χ3v) is 9.63. The van der Waals surface area contributed by atoms with Gasteiger partial charge in [-0.25, -0.2) is 9.59 Å². The van der Waals surface area contributed by atoms with Crippen LogP contribution in [0.15, 0.2) is 97.1 Å². The van der Waals surface area contributed by atoms with E-state index in [9.17, 15) is 48.9 Å². The molecule has 7 rings (SSSR count). The number of benzene rings is 5. The second kappa shape index (κ2) is 16.8. The van der Waals surface area contributed by atoms with Crippen molar-refractivity contribution in [2.24, 2.45) is 0 Å². The number of amides is 1. The number of para-hydroxylation sites is 1. The van der Waals surface area contributed by atoms with Crippen LogP contribution < -0.4 is 14.8 Å². The van der Waals surface area contributed by atoms with E-state index < -0.39 is 41.0 Å². The Morgan fingerprint density at radius 1 is 0.567 bits per heavy atom. The van der Waals surface area contributed by atoms with Gasteiger partial charge in [-0.15, -0.1) is 0 Å². The normalized spacial score (nSPS) is 12.8. The molecule has 2 aliphatic rings. The van der Waals surface area contributed by atoms with E-state index in [1.54, 1.807) is 50.2 Å². The zero-order valence-electron chi connectivity index (χ0n) is 32.7. The SMILES string of the molecule is COC(=O)c1ccccc1NC(=O)c1cc(C)cc(OC)c1C1=CC(=O)c2c(O)cccc2C1=O.COc1cc(C)cc(C(=O)O)c1C1=CC(=O)c2c(O)cccc2C1=O. The topological polar surface area (TPSA) is 220 Å². The fraction of sp³-hybridized carbons (Fsp3) is 0.109. The second-order valence-electron chi connectivity index (χ2n) is 13.5. The number of ether oxygens (including phenoxy) is 3. The van der Waals surface area contributed by atoms with Gasteiger partial charge in [0.2, 0.25) is 0 Å². The summed E-state index contributed by atoms with van der Waals surface area (Å²) in [6, 6.07) is 21.0. The molecule has 5 aromatic rings. The number of fused-ring (bicyclic) bond motifs is 2. The number of hydrogen-bond donors (Lipinski definition) is 4. The number of esters is 1. The molecule has 0 atom stereocenters. The smallest absolute Gasteiger partial charge is 0.339 e. The number of allylic oxidation sites excluding steroid dienone is 4. The minimum Gasteiger partial charge on any atom is -0.507 e. The van der Waals surface area contributed by atoms with Gasteiger partial charge in [0.25, 0.3) is 5.91 Å². The lowest BCUT2D eigenvalue weighted by Crippen LogP contribution is -2.21. The lowest BCUT2D eigenvalue weighted by Gasteiger charge is -2.21. The number of ketones is 4. The number of phenolic OH excluding ortho intramolecular Hbond substituents is 2. The molecule has 14 nitrogen and oxygen atoms in total. The highest BCUT2D eigenvalue weighted by Gasteiger charge is 2.34. The molecule has 1 amide bonds. The maximum atomic E-state index is 13.5. The summed E-state index contributed by atoms with van der Waals surface area (Å²) in [6.07, 6.45) is 2.14. The molecular formula is C46H35NO13. The van der Waals surface area contributed by atoms with Crippen molar-refractivity contribution < 1.29 is 63.1 Å². The molecular weight excluding hydrogens is 774 g/mol. The van der Waals surface area contributed by atoms with Gasteiger partial charge in [-0.1, -0.05) is 36.4 Å². The second-order valence-corrected chi connectivity index (χ2v) is 13.5. The number of hydrogen-bond acceptors (Lipinski definition) is 12. The van der Waals surface area contributed by atoms with Gasteiger partial charge in [0.15, 0.2) is 23.1 Å². The Labute approximate surface area is 342 Å². The molecule has 4 N–H and O–H groups in total. The van der Waals surface area contributed by atoms with Crippen LogP contribution in [0.3, 0.4) is 0 Å². The highest BCUT2D eigenvalue weighted by molar-refractivity contribution is 6.41. The predicted octanol–water partition coefficient (Wildman–Crippen LogP) is 7.08. The number of carbonyl (C=O) groups is 7. The number of carbonyl (C=O) groups excluding carboxylic acids is 6. The van der Waals surface area contributed by atoms with Crippen LogP contribution in [0.2, 0.25) is 0 Å². The number of methoxy groups -OCH3 is 3. The van der Waals surface area contributed by atoms with E-state index in [0.29, 0.717) is 11.1 Å². The lowest BCUT2D eigenvalue weighted by molar-refractivity contribution is 0.0600. The van der Waals surface area contributed by atoms with Crippen LogP contribution in [0.1, 0.15) is 94.8 Å². The predicted molar refractivity (Wildman–Crippen MR) is 218 cm³/mol. The van der Waals surface area contributed by atoms with Gasteiger partial charge in [-0.2, -0.15) is 0 Å². The molecule has 0 aromatic heterocycles. The maximum Gasteiger partial charge on any atom is 0.339 e. The standard InChI is InChI=1S/C27H21NO7.C19H14O6/c1-14-11-18(26(32)28-19-9-5-4-7-15(19)27(33)35-3)23(22(12-14)34-2)17-13-21(30)24-16(25(17)31)8-6-10-20(24)29;1-9-6-12(19(23)24)16(15(7-9)25-2)11-8-14(21)17-10(18(11)22)4-3-5-13(17)20/h4-13,29H,1-3H3,(H,28,32);3-8,20H,1-2H3,(H,23,24). The Morgan fingerprint density at radius 2 is 1.03 bits per heavy atom. The molecule has 14 heteroatoms. The summed E-state index contributed by atoms with van der Waals surface area (Å²) in [4.78, 5) is 88.8. The molecule has 2 aliphatic carbocycles. The molecule has 0 radical (unpaired) electrons. The summed E-state index contributed by atoms with van der Waals surface area (Å²) in [7, 11) is 3.99. The van der Waals surface area contributed by atoms with Gasteiger partial charge < -0.3 is 34.8 Å². The van der Waals surface area contributed by atoms with Crippen LogP contribution in [0, 0.1) is 13.8 Å². The number of phenols is 2. The quantitative estimate of drug-likeness (QED) is 0.115. The molecule has 0 aliphatic heterocycles. The number of carboxylic acids is 1. The number of aryl methyl sites for hydroxylation is 2. The number of carboxylic acid groups (broad SMARTS) is 1. The number of anilines is 1. The number of aromatic carboxylic acids is 1. The molecule has 0 saturated carbocycles. The fourth-order valence-corrected chi connectivity index (χ4v) is 6.98. The minimum atomic E-state index is -1.24. The summed E-state index contributed by atoms with van der Waals surface area (Å²) in [5.74, 6) is -4.90. The van der Waals surface area contributed by atoms with Gasteiger partial charge in [0.05, 0.1) is 54.8 Å². The molecule has 0 fully saturated rings. The molecule has 0 spiro atoms. The van der Waals surface area contributed by atoms with Gasteiger partial charge in [-0.3, -0.25) is 24.0 Å². The molecule has 0 saturated heterocycles. The van der Waals surface area contributed by atoms with Crippen molar-refractivity contribution in [3.8, 4) is 23.0 Å². The molecule has 0 unspecified atom stereocenters. The molecule has 0 heterocycles. The number of Topliss-reactive ketones (excluding diaryl/α,β-unsaturated/α-hetero) is 2. The Kier molecular flexibility index (Phi) is 11.6. The van der Waals surface area contributed by atoms with Crippen LogP contribution in [0.4, 0.5) is 5.69 Å². The van der Waals surface area contributed by atoms with Crippen molar-refractivity contribution in [1.29, 1.82) is 0 Å². The third-order valence-electron chi connectivity index (χ3n) is 9.63. The first-order valence-electron chi connectivity index (χ1n) is 18.0. The molecule has 5 aromatic carbocycles. The van der Waals surface area contributed by atoms with Crippen molar-refractivity contribution in [2.45, 2.75) is 13.8 Å². The fourth-order valence-electron chi connectivity index (χ4n) is 6.98.